The van der Waals surface area contributed by atoms with E-state index in [0.717, 1.165) is 12.1 Å². The summed E-state index contributed by atoms with van der Waals surface area (Å²) in [5, 5.41) is 3.74. The van der Waals surface area contributed by atoms with Crippen molar-refractivity contribution in [3.8, 4) is 0 Å². The Balaban J connectivity index is 1.40. The summed E-state index contributed by atoms with van der Waals surface area (Å²) in [7, 11) is 0. The average molecular weight is 315 g/mol. The van der Waals surface area contributed by atoms with Crippen LogP contribution in [0.2, 0.25) is 0 Å². The predicted octanol–water partition coefficient (Wildman–Crippen LogP) is 2.88. The van der Waals surface area contributed by atoms with Crippen LogP contribution in [0.5, 0.6) is 0 Å². The molecule has 1 aliphatic carbocycles. The Morgan fingerprint density at radius 2 is 2.18 bits per heavy atom. The van der Waals surface area contributed by atoms with Crippen LogP contribution in [0.25, 0.3) is 0 Å². The number of thiophene rings is 1. The third-order valence-electron chi connectivity index (χ3n) is 3.62. The van der Waals surface area contributed by atoms with Crippen LogP contribution in [-0.2, 0) is 6.42 Å². The maximum Gasteiger partial charge on any atom is 0.0701 e. The summed E-state index contributed by atoms with van der Waals surface area (Å²) in [6.07, 6.45) is 5.34. The molecule has 17 heavy (non-hydrogen) atoms. The van der Waals surface area contributed by atoms with Crippen LogP contribution in [0, 0.1) is 0 Å². The highest BCUT2D eigenvalue weighted by atomic mass is 79.9. The highest BCUT2D eigenvalue weighted by molar-refractivity contribution is 9.11. The Labute approximate surface area is 116 Å². The first-order valence-corrected chi connectivity index (χ1v) is 8.13. The van der Waals surface area contributed by atoms with Gasteiger partial charge in [-0.25, -0.2) is 0 Å². The van der Waals surface area contributed by atoms with E-state index in [0.29, 0.717) is 0 Å². The second kappa shape index (κ2) is 5.39. The van der Waals surface area contributed by atoms with Gasteiger partial charge in [0.15, 0.2) is 0 Å². The minimum Gasteiger partial charge on any atom is -0.310 e. The number of nitrogens with one attached hydrogen (secondary N) is 1. The van der Waals surface area contributed by atoms with Gasteiger partial charge >= 0.3 is 0 Å². The topological polar surface area (TPSA) is 15.3 Å². The van der Waals surface area contributed by atoms with Crippen LogP contribution in [0.1, 0.15) is 24.1 Å². The van der Waals surface area contributed by atoms with E-state index in [9.17, 15) is 0 Å². The van der Waals surface area contributed by atoms with Crippen LogP contribution in [0.15, 0.2) is 15.9 Å². The molecule has 2 aliphatic rings. The molecule has 1 N–H and O–H groups in total. The van der Waals surface area contributed by atoms with Gasteiger partial charge in [0.25, 0.3) is 0 Å². The van der Waals surface area contributed by atoms with E-state index in [-0.39, 0.29) is 0 Å². The van der Waals surface area contributed by atoms with Crippen LogP contribution < -0.4 is 5.32 Å². The molecular formula is C13H19BrN2S. The summed E-state index contributed by atoms with van der Waals surface area (Å²) in [6, 6.07) is 6.01. The molecule has 94 valence electrons. The van der Waals surface area contributed by atoms with Crippen LogP contribution >= 0.6 is 27.3 Å². The summed E-state index contributed by atoms with van der Waals surface area (Å²) in [4.78, 5) is 4.10. The zero-order chi connectivity index (χ0) is 11.7. The molecule has 1 saturated carbocycles. The lowest BCUT2D eigenvalue weighted by molar-refractivity contribution is 0.332. The SMILES string of the molecule is Brc1ccc(CCN2CCC(NC3CC3)C2)s1. The van der Waals surface area contributed by atoms with E-state index >= 15 is 0 Å². The molecule has 2 fully saturated rings. The number of halogens is 1. The van der Waals surface area contributed by atoms with Crippen molar-refractivity contribution in [2.75, 3.05) is 19.6 Å². The Kier molecular flexibility index (Phi) is 3.85. The van der Waals surface area contributed by atoms with Crippen molar-refractivity contribution in [2.24, 2.45) is 0 Å². The van der Waals surface area contributed by atoms with Gasteiger partial charge in [0, 0.05) is 30.1 Å². The van der Waals surface area contributed by atoms with Crippen LogP contribution in [0.3, 0.4) is 0 Å². The Bertz CT molecular complexity index is 375. The Morgan fingerprint density at radius 1 is 1.29 bits per heavy atom. The third-order valence-corrected chi connectivity index (χ3v) is 5.31. The largest absolute Gasteiger partial charge is 0.310 e. The quantitative estimate of drug-likeness (QED) is 0.899. The van der Waals surface area contributed by atoms with Crippen molar-refractivity contribution in [1.29, 1.82) is 0 Å². The molecule has 1 unspecified atom stereocenters. The summed E-state index contributed by atoms with van der Waals surface area (Å²) >= 11 is 5.39. The number of hydrogen-bond acceptors (Lipinski definition) is 3. The zero-order valence-electron chi connectivity index (χ0n) is 9.99. The predicted molar refractivity (Wildman–Crippen MR) is 76.7 cm³/mol. The zero-order valence-corrected chi connectivity index (χ0v) is 12.4. The molecule has 1 atom stereocenters. The molecule has 4 heteroatoms. The van der Waals surface area contributed by atoms with Gasteiger partial charge in [-0.3, -0.25) is 0 Å². The second-order valence-electron chi connectivity index (χ2n) is 5.18. The molecule has 3 rings (SSSR count). The van der Waals surface area contributed by atoms with E-state index in [1.54, 1.807) is 0 Å². The smallest absolute Gasteiger partial charge is 0.0701 e. The van der Waals surface area contributed by atoms with Gasteiger partial charge in [-0.2, -0.15) is 0 Å². The number of nitrogens with zero attached hydrogens (tertiary/aromatic N) is 1. The fourth-order valence-corrected chi connectivity index (χ4v) is 3.98. The molecule has 2 heterocycles. The highest BCUT2D eigenvalue weighted by Crippen LogP contribution is 2.24. The maximum absolute atomic E-state index is 3.74. The second-order valence-corrected chi connectivity index (χ2v) is 7.73. The standard InChI is InChI=1S/C13H19BrN2S/c14-13-4-3-12(17-13)6-8-16-7-5-11(9-16)15-10-1-2-10/h3-4,10-11,15H,1-2,5-9H2. The van der Waals surface area contributed by atoms with Gasteiger partial charge < -0.3 is 10.2 Å². The molecular weight excluding hydrogens is 296 g/mol. The molecule has 0 aromatic carbocycles. The van der Waals surface area contributed by atoms with Gasteiger partial charge in [0.1, 0.15) is 0 Å². The van der Waals surface area contributed by atoms with E-state index in [1.165, 1.54) is 54.0 Å². The van der Waals surface area contributed by atoms with Crippen molar-refractivity contribution in [2.45, 2.75) is 37.8 Å². The highest BCUT2D eigenvalue weighted by Gasteiger charge is 2.28. The van der Waals surface area contributed by atoms with Gasteiger partial charge in [-0.15, -0.1) is 11.3 Å². The van der Waals surface area contributed by atoms with Crippen molar-refractivity contribution < 1.29 is 0 Å². The minimum absolute atomic E-state index is 0.762. The van der Waals surface area contributed by atoms with Crippen molar-refractivity contribution in [1.82, 2.24) is 10.2 Å². The van der Waals surface area contributed by atoms with Gasteiger partial charge in [0.2, 0.25) is 0 Å². The first-order chi connectivity index (χ1) is 8.29. The lowest BCUT2D eigenvalue weighted by atomic mass is 10.2. The van der Waals surface area contributed by atoms with E-state index < -0.39 is 0 Å². The molecule has 1 aromatic heterocycles. The third kappa shape index (κ3) is 3.53. The summed E-state index contributed by atoms with van der Waals surface area (Å²) in [5.41, 5.74) is 0. The van der Waals surface area contributed by atoms with Gasteiger partial charge in [-0.1, -0.05) is 0 Å². The number of rotatable bonds is 5. The van der Waals surface area contributed by atoms with Gasteiger partial charge in [-0.05, 0) is 60.3 Å². The lowest BCUT2D eigenvalue weighted by Gasteiger charge is -2.16. The number of hydrogen-bond donors (Lipinski definition) is 1. The fraction of sp³-hybridized carbons (Fsp3) is 0.692. The minimum atomic E-state index is 0.762. The monoisotopic (exact) mass is 314 g/mol. The lowest BCUT2D eigenvalue weighted by Crippen LogP contribution is -2.34. The van der Waals surface area contributed by atoms with Gasteiger partial charge in [0.05, 0.1) is 3.79 Å². The molecule has 0 radical (unpaired) electrons. The molecule has 2 nitrogen and oxygen atoms in total. The molecule has 1 aromatic rings. The van der Waals surface area contributed by atoms with E-state index in [4.69, 9.17) is 0 Å². The first-order valence-electron chi connectivity index (χ1n) is 6.52. The van der Waals surface area contributed by atoms with Crippen LogP contribution in [-0.4, -0.2) is 36.6 Å². The molecule has 1 aliphatic heterocycles. The van der Waals surface area contributed by atoms with E-state index in [1.807, 2.05) is 11.3 Å². The van der Waals surface area contributed by atoms with E-state index in [2.05, 4.69) is 38.3 Å². The van der Waals surface area contributed by atoms with Crippen LogP contribution in [0.4, 0.5) is 0 Å². The Morgan fingerprint density at radius 3 is 2.88 bits per heavy atom. The first kappa shape index (κ1) is 12.2. The Hall–Kier alpha value is 0.1000. The van der Waals surface area contributed by atoms with Crippen molar-refractivity contribution in [3.05, 3.63) is 20.8 Å². The summed E-state index contributed by atoms with van der Waals surface area (Å²) in [6.45, 7) is 3.75. The molecule has 1 saturated heterocycles. The number of likely N-dealkylation sites (tertiary alicyclic amines) is 1. The molecule has 0 amide bonds. The fourth-order valence-electron chi connectivity index (χ4n) is 2.51. The molecule has 0 spiro atoms. The summed E-state index contributed by atoms with van der Waals surface area (Å²) in [5.74, 6) is 0. The average Bonchev–Trinajstić information content (AvgIpc) is 2.84. The van der Waals surface area contributed by atoms with Crippen molar-refractivity contribution in [3.63, 3.8) is 0 Å². The van der Waals surface area contributed by atoms with Crippen molar-refractivity contribution >= 4 is 27.3 Å². The normalized spacial score (nSPS) is 25.6. The maximum atomic E-state index is 3.74. The summed E-state index contributed by atoms with van der Waals surface area (Å²) < 4.78 is 1.25. The molecule has 0 bridgehead atoms.